The first-order valence-corrected chi connectivity index (χ1v) is 6.52. The van der Waals surface area contributed by atoms with Gasteiger partial charge in [0.25, 0.3) is 5.91 Å². The molecule has 0 heterocycles. The largest absolute Gasteiger partial charge is 0.355 e. The van der Waals surface area contributed by atoms with Crippen LogP contribution in [0.5, 0.6) is 0 Å². The van der Waals surface area contributed by atoms with E-state index in [2.05, 4.69) is 16.0 Å². The zero-order valence-corrected chi connectivity index (χ0v) is 11.0. The molecule has 5 nitrogen and oxygen atoms in total. The number of rotatable bonds is 6. The molecule has 2 rings (SSSR count). The minimum atomic E-state index is -0.135. The molecule has 1 aromatic rings. The maximum atomic E-state index is 11.6. The lowest BCUT2D eigenvalue weighted by molar-refractivity contribution is -0.115. The number of carbonyl (C=O) groups is 2. The molecular weight excluding hydrogens is 242 g/mol. The van der Waals surface area contributed by atoms with Crippen molar-refractivity contribution in [1.82, 2.24) is 10.6 Å². The van der Waals surface area contributed by atoms with E-state index in [9.17, 15) is 9.59 Å². The van der Waals surface area contributed by atoms with Crippen LogP contribution in [-0.4, -0.2) is 32.0 Å². The molecule has 0 aliphatic heterocycles. The minimum Gasteiger partial charge on any atom is -0.355 e. The molecule has 1 aliphatic rings. The molecule has 0 spiro atoms. The Morgan fingerprint density at radius 1 is 1.21 bits per heavy atom. The van der Waals surface area contributed by atoms with Gasteiger partial charge in [-0.05, 0) is 49.6 Å². The first-order chi connectivity index (χ1) is 9.19. The van der Waals surface area contributed by atoms with Gasteiger partial charge in [-0.15, -0.1) is 0 Å². The molecule has 1 fully saturated rings. The van der Waals surface area contributed by atoms with E-state index in [1.165, 1.54) is 12.8 Å². The van der Waals surface area contributed by atoms with Crippen molar-refractivity contribution in [3.05, 3.63) is 29.8 Å². The summed E-state index contributed by atoms with van der Waals surface area (Å²) in [6, 6.07) is 6.82. The fraction of sp³-hybridized carbons (Fsp3) is 0.429. The first-order valence-electron chi connectivity index (χ1n) is 6.52. The molecule has 0 unspecified atom stereocenters. The highest BCUT2D eigenvalue weighted by Gasteiger charge is 2.20. The normalized spacial score (nSPS) is 13.9. The number of carbonyl (C=O) groups excluding carboxylic acids is 2. The Morgan fingerprint density at radius 2 is 1.89 bits per heavy atom. The predicted molar refractivity (Wildman–Crippen MR) is 74.1 cm³/mol. The van der Waals surface area contributed by atoms with Gasteiger partial charge in [0.1, 0.15) is 0 Å². The van der Waals surface area contributed by atoms with Gasteiger partial charge in [0.2, 0.25) is 5.91 Å². The smallest absolute Gasteiger partial charge is 0.251 e. The Hall–Kier alpha value is -1.88. The van der Waals surface area contributed by atoms with E-state index < -0.39 is 0 Å². The summed E-state index contributed by atoms with van der Waals surface area (Å²) < 4.78 is 0. The van der Waals surface area contributed by atoms with Crippen LogP contribution in [0.2, 0.25) is 0 Å². The van der Waals surface area contributed by atoms with E-state index in [1.807, 2.05) is 0 Å². The zero-order chi connectivity index (χ0) is 13.7. The molecule has 1 saturated carbocycles. The van der Waals surface area contributed by atoms with E-state index in [0.29, 0.717) is 17.8 Å². The average Bonchev–Trinajstić information content (AvgIpc) is 3.23. The summed E-state index contributed by atoms with van der Waals surface area (Å²) in [4.78, 5) is 23.0. The Bertz CT molecular complexity index is 452. The highest BCUT2D eigenvalue weighted by molar-refractivity contribution is 5.96. The second-order valence-corrected chi connectivity index (χ2v) is 4.78. The van der Waals surface area contributed by atoms with Crippen molar-refractivity contribution >= 4 is 17.5 Å². The molecule has 1 aromatic carbocycles. The summed E-state index contributed by atoms with van der Waals surface area (Å²) in [5.74, 6) is 0.567. The second kappa shape index (κ2) is 6.33. The molecule has 0 radical (unpaired) electrons. The van der Waals surface area contributed by atoms with E-state index in [4.69, 9.17) is 0 Å². The first kappa shape index (κ1) is 13.5. The van der Waals surface area contributed by atoms with Gasteiger partial charge in [0, 0.05) is 18.3 Å². The van der Waals surface area contributed by atoms with Crippen LogP contribution in [0.1, 0.15) is 23.2 Å². The molecule has 0 bridgehead atoms. The Labute approximate surface area is 112 Å². The lowest BCUT2D eigenvalue weighted by atomic mass is 10.2. The highest BCUT2D eigenvalue weighted by atomic mass is 16.2. The van der Waals surface area contributed by atoms with Crippen molar-refractivity contribution in [1.29, 1.82) is 0 Å². The van der Waals surface area contributed by atoms with E-state index in [0.717, 1.165) is 12.5 Å². The third-order valence-electron chi connectivity index (χ3n) is 3.07. The standard InChI is InChI=1S/C14H19N3O2/c1-15-14(19)11-4-6-12(7-5-11)17-13(18)9-16-8-10-2-3-10/h4-7,10,16H,2-3,8-9H2,1H3,(H,15,19)(H,17,18). The predicted octanol–water partition coefficient (Wildman–Crippen LogP) is 0.984. The Balaban J connectivity index is 1.77. The summed E-state index contributed by atoms with van der Waals surface area (Å²) in [5.41, 5.74) is 1.28. The molecule has 102 valence electrons. The van der Waals surface area contributed by atoms with Crippen LogP contribution in [0.15, 0.2) is 24.3 Å². The molecule has 5 heteroatoms. The molecule has 1 aliphatic carbocycles. The van der Waals surface area contributed by atoms with Gasteiger partial charge in [-0.25, -0.2) is 0 Å². The second-order valence-electron chi connectivity index (χ2n) is 4.78. The van der Waals surface area contributed by atoms with Crippen molar-refractivity contribution in [2.24, 2.45) is 5.92 Å². The number of amides is 2. The van der Waals surface area contributed by atoms with Gasteiger partial charge in [0.15, 0.2) is 0 Å². The summed E-state index contributed by atoms with van der Waals surface area (Å²) in [7, 11) is 1.59. The van der Waals surface area contributed by atoms with Crippen molar-refractivity contribution in [2.45, 2.75) is 12.8 Å². The van der Waals surface area contributed by atoms with Gasteiger partial charge < -0.3 is 16.0 Å². The van der Waals surface area contributed by atoms with E-state index in [1.54, 1.807) is 31.3 Å². The average molecular weight is 261 g/mol. The van der Waals surface area contributed by atoms with Gasteiger partial charge in [0.05, 0.1) is 6.54 Å². The fourth-order valence-electron chi connectivity index (χ4n) is 1.77. The lowest BCUT2D eigenvalue weighted by Crippen LogP contribution is -2.29. The quantitative estimate of drug-likeness (QED) is 0.715. The summed E-state index contributed by atoms with van der Waals surface area (Å²) in [6.07, 6.45) is 2.55. The molecule has 0 saturated heterocycles. The van der Waals surface area contributed by atoms with Gasteiger partial charge in [-0.1, -0.05) is 0 Å². The topological polar surface area (TPSA) is 70.2 Å². The summed E-state index contributed by atoms with van der Waals surface area (Å²) in [5, 5.41) is 8.47. The van der Waals surface area contributed by atoms with Gasteiger partial charge >= 0.3 is 0 Å². The SMILES string of the molecule is CNC(=O)c1ccc(NC(=O)CNCC2CC2)cc1. The zero-order valence-electron chi connectivity index (χ0n) is 11.0. The number of anilines is 1. The Kier molecular flexibility index (Phi) is 4.52. The Morgan fingerprint density at radius 3 is 2.47 bits per heavy atom. The van der Waals surface area contributed by atoms with Crippen LogP contribution in [0.4, 0.5) is 5.69 Å². The van der Waals surface area contributed by atoms with Crippen molar-refractivity contribution in [3.8, 4) is 0 Å². The van der Waals surface area contributed by atoms with Gasteiger partial charge in [-0.2, -0.15) is 0 Å². The van der Waals surface area contributed by atoms with E-state index >= 15 is 0 Å². The van der Waals surface area contributed by atoms with Crippen LogP contribution >= 0.6 is 0 Å². The molecule has 3 N–H and O–H groups in total. The maximum Gasteiger partial charge on any atom is 0.251 e. The number of hydrogen-bond donors (Lipinski definition) is 3. The van der Waals surface area contributed by atoms with Crippen LogP contribution in [0.25, 0.3) is 0 Å². The molecule has 0 atom stereocenters. The monoisotopic (exact) mass is 261 g/mol. The molecular formula is C14H19N3O2. The third kappa shape index (κ3) is 4.37. The van der Waals surface area contributed by atoms with Crippen LogP contribution in [0.3, 0.4) is 0 Å². The lowest BCUT2D eigenvalue weighted by Gasteiger charge is -2.07. The van der Waals surface area contributed by atoms with Crippen LogP contribution < -0.4 is 16.0 Å². The van der Waals surface area contributed by atoms with Crippen molar-refractivity contribution in [3.63, 3.8) is 0 Å². The molecule has 0 aromatic heterocycles. The number of benzene rings is 1. The summed E-state index contributed by atoms with van der Waals surface area (Å²) in [6.45, 7) is 1.25. The summed E-state index contributed by atoms with van der Waals surface area (Å²) >= 11 is 0. The van der Waals surface area contributed by atoms with Crippen molar-refractivity contribution in [2.75, 3.05) is 25.5 Å². The van der Waals surface area contributed by atoms with Crippen molar-refractivity contribution < 1.29 is 9.59 Å². The van der Waals surface area contributed by atoms with Crippen LogP contribution in [0, 0.1) is 5.92 Å². The molecule has 2 amide bonds. The van der Waals surface area contributed by atoms with Crippen LogP contribution in [-0.2, 0) is 4.79 Å². The molecule has 19 heavy (non-hydrogen) atoms. The number of hydrogen-bond acceptors (Lipinski definition) is 3. The van der Waals surface area contributed by atoms with Gasteiger partial charge in [-0.3, -0.25) is 9.59 Å². The fourth-order valence-corrected chi connectivity index (χ4v) is 1.77. The van der Waals surface area contributed by atoms with E-state index in [-0.39, 0.29) is 11.8 Å². The number of nitrogens with one attached hydrogen (secondary N) is 3. The third-order valence-corrected chi connectivity index (χ3v) is 3.07. The minimum absolute atomic E-state index is 0.0617. The maximum absolute atomic E-state index is 11.6. The highest BCUT2D eigenvalue weighted by Crippen LogP contribution is 2.27.